The van der Waals surface area contributed by atoms with Crippen LogP contribution in [0.1, 0.15) is 47.0 Å². The molecule has 0 aromatic rings. The van der Waals surface area contributed by atoms with Gasteiger partial charge in [-0.25, -0.2) is 0 Å². The zero-order valence-electron chi connectivity index (χ0n) is 8.93. The smallest absolute Gasteiger partial charge is 0.0176 e. The molecule has 3 unspecified atom stereocenters. The Labute approximate surface area is 77.1 Å². The highest BCUT2D eigenvalue weighted by atomic mass is 14.3. The fourth-order valence-electron chi connectivity index (χ4n) is 2.31. The van der Waals surface area contributed by atoms with E-state index in [9.17, 15) is 0 Å². The molecule has 0 fully saturated rings. The van der Waals surface area contributed by atoms with E-state index in [0.717, 1.165) is 17.8 Å². The maximum absolute atomic E-state index is 2.54. The molecule has 0 nitrogen and oxygen atoms in total. The second-order valence-electron chi connectivity index (χ2n) is 4.32. The van der Waals surface area contributed by atoms with Crippen LogP contribution in [-0.2, 0) is 0 Å². The zero-order chi connectivity index (χ0) is 9.14. The second-order valence-corrected chi connectivity index (χ2v) is 4.32. The lowest BCUT2D eigenvalue weighted by atomic mass is 9.85. The zero-order valence-corrected chi connectivity index (χ0v) is 8.93. The van der Waals surface area contributed by atoms with E-state index in [1.165, 1.54) is 19.3 Å². The molecule has 0 bridgehead atoms. The maximum atomic E-state index is 2.54. The van der Waals surface area contributed by atoms with Crippen molar-refractivity contribution in [2.45, 2.75) is 47.0 Å². The van der Waals surface area contributed by atoms with Gasteiger partial charge in [-0.2, -0.15) is 0 Å². The van der Waals surface area contributed by atoms with Gasteiger partial charge in [-0.1, -0.05) is 45.8 Å². The summed E-state index contributed by atoms with van der Waals surface area (Å²) in [6, 6.07) is 0. The fourth-order valence-corrected chi connectivity index (χ4v) is 2.31. The Morgan fingerprint density at radius 1 is 1.50 bits per heavy atom. The first-order valence-corrected chi connectivity index (χ1v) is 5.38. The molecular weight excluding hydrogens is 144 g/mol. The van der Waals surface area contributed by atoms with Gasteiger partial charge in [-0.15, -0.1) is 0 Å². The average Bonchev–Trinajstić information content (AvgIpc) is 2.45. The standard InChI is InChI=1S/C12H22/c1-5-9(3)12-8-11(6-2)7-10(12)4/h8-10,12H,5-7H2,1-4H3. The van der Waals surface area contributed by atoms with Gasteiger partial charge in [0.2, 0.25) is 0 Å². The Bertz CT molecular complexity index is 167. The number of rotatable bonds is 3. The fraction of sp³-hybridized carbons (Fsp3) is 0.833. The molecule has 70 valence electrons. The molecule has 1 rings (SSSR count). The summed E-state index contributed by atoms with van der Waals surface area (Å²) in [7, 11) is 0. The van der Waals surface area contributed by atoms with Crippen LogP contribution in [0.2, 0.25) is 0 Å². The summed E-state index contributed by atoms with van der Waals surface area (Å²) in [4.78, 5) is 0. The highest BCUT2D eigenvalue weighted by Crippen LogP contribution is 2.37. The SMILES string of the molecule is CCC1=CC(C(C)CC)C(C)C1. The van der Waals surface area contributed by atoms with E-state index in [0.29, 0.717) is 0 Å². The van der Waals surface area contributed by atoms with Crippen LogP contribution >= 0.6 is 0 Å². The third-order valence-corrected chi connectivity index (χ3v) is 3.42. The van der Waals surface area contributed by atoms with Crippen LogP contribution in [0.25, 0.3) is 0 Å². The molecule has 1 aliphatic rings. The predicted octanol–water partition coefficient (Wildman–Crippen LogP) is 4.02. The lowest BCUT2D eigenvalue weighted by Gasteiger charge is -2.20. The third-order valence-electron chi connectivity index (χ3n) is 3.42. The summed E-state index contributed by atoms with van der Waals surface area (Å²) in [5, 5.41) is 0. The molecular formula is C12H22. The molecule has 0 aliphatic heterocycles. The monoisotopic (exact) mass is 166 g/mol. The predicted molar refractivity (Wildman–Crippen MR) is 55.1 cm³/mol. The van der Waals surface area contributed by atoms with Gasteiger partial charge in [0, 0.05) is 0 Å². The lowest BCUT2D eigenvalue weighted by molar-refractivity contribution is 0.327. The molecule has 3 atom stereocenters. The van der Waals surface area contributed by atoms with E-state index in [2.05, 4.69) is 33.8 Å². The average molecular weight is 166 g/mol. The topological polar surface area (TPSA) is 0 Å². The van der Waals surface area contributed by atoms with Crippen LogP contribution in [0.4, 0.5) is 0 Å². The largest absolute Gasteiger partial charge is 0.0817 e. The van der Waals surface area contributed by atoms with Crippen LogP contribution in [0.5, 0.6) is 0 Å². The lowest BCUT2D eigenvalue weighted by Crippen LogP contribution is -2.12. The van der Waals surface area contributed by atoms with Crippen LogP contribution in [-0.4, -0.2) is 0 Å². The Morgan fingerprint density at radius 2 is 2.17 bits per heavy atom. The molecule has 0 saturated heterocycles. The van der Waals surface area contributed by atoms with Crippen molar-refractivity contribution in [3.8, 4) is 0 Å². The van der Waals surface area contributed by atoms with E-state index >= 15 is 0 Å². The van der Waals surface area contributed by atoms with Crippen LogP contribution < -0.4 is 0 Å². The van der Waals surface area contributed by atoms with Gasteiger partial charge in [-0.3, -0.25) is 0 Å². The van der Waals surface area contributed by atoms with Crippen LogP contribution in [0.3, 0.4) is 0 Å². The molecule has 0 aromatic carbocycles. The summed E-state index contributed by atoms with van der Waals surface area (Å²) in [6.07, 6.45) is 6.48. The van der Waals surface area contributed by atoms with Crippen LogP contribution in [0.15, 0.2) is 11.6 Å². The molecule has 0 saturated carbocycles. The highest BCUT2D eigenvalue weighted by molar-refractivity contribution is 5.13. The quantitative estimate of drug-likeness (QED) is 0.555. The first kappa shape index (κ1) is 9.83. The minimum atomic E-state index is 0.866. The Hall–Kier alpha value is -0.260. The molecule has 0 aromatic heterocycles. The van der Waals surface area contributed by atoms with E-state index in [1.807, 2.05) is 0 Å². The third kappa shape index (κ3) is 1.91. The van der Waals surface area contributed by atoms with Crippen molar-refractivity contribution in [2.24, 2.45) is 17.8 Å². The highest BCUT2D eigenvalue weighted by Gasteiger charge is 2.26. The van der Waals surface area contributed by atoms with Crippen molar-refractivity contribution < 1.29 is 0 Å². The summed E-state index contributed by atoms with van der Waals surface area (Å²) in [6.45, 7) is 9.36. The summed E-state index contributed by atoms with van der Waals surface area (Å²) in [5.41, 5.74) is 1.69. The molecule has 0 amide bonds. The molecule has 0 N–H and O–H groups in total. The van der Waals surface area contributed by atoms with Gasteiger partial charge < -0.3 is 0 Å². The maximum Gasteiger partial charge on any atom is -0.0176 e. The van der Waals surface area contributed by atoms with Crippen molar-refractivity contribution in [3.63, 3.8) is 0 Å². The minimum Gasteiger partial charge on any atom is -0.0817 e. The Morgan fingerprint density at radius 3 is 2.58 bits per heavy atom. The molecule has 1 aliphatic carbocycles. The van der Waals surface area contributed by atoms with Gasteiger partial charge >= 0.3 is 0 Å². The molecule has 0 spiro atoms. The summed E-state index contributed by atoms with van der Waals surface area (Å²) >= 11 is 0. The van der Waals surface area contributed by atoms with E-state index < -0.39 is 0 Å². The summed E-state index contributed by atoms with van der Waals surface area (Å²) in [5.74, 6) is 2.64. The van der Waals surface area contributed by atoms with Crippen molar-refractivity contribution in [1.29, 1.82) is 0 Å². The number of allylic oxidation sites excluding steroid dienone is 2. The van der Waals surface area contributed by atoms with Gasteiger partial charge in [0.1, 0.15) is 0 Å². The Kier molecular flexibility index (Phi) is 3.37. The molecule has 0 radical (unpaired) electrons. The van der Waals surface area contributed by atoms with Gasteiger partial charge in [0.15, 0.2) is 0 Å². The first-order chi connectivity index (χ1) is 5.69. The number of hydrogen-bond acceptors (Lipinski definition) is 0. The molecule has 0 heteroatoms. The van der Waals surface area contributed by atoms with Crippen molar-refractivity contribution >= 4 is 0 Å². The van der Waals surface area contributed by atoms with Gasteiger partial charge in [-0.05, 0) is 30.6 Å². The van der Waals surface area contributed by atoms with E-state index in [-0.39, 0.29) is 0 Å². The normalized spacial score (nSPS) is 31.8. The molecule has 0 heterocycles. The van der Waals surface area contributed by atoms with E-state index in [4.69, 9.17) is 0 Å². The molecule has 12 heavy (non-hydrogen) atoms. The van der Waals surface area contributed by atoms with Crippen molar-refractivity contribution in [2.75, 3.05) is 0 Å². The van der Waals surface area contributed by atoms with E-state index in [1.54, 1.807) is 5.57 Å². The van der Waals surface area contributed by atoms with Crippen molar-refractivity contribution in [3.05, 3.63) is 11.6 Å². The van der Waals surface area contributed by atoms with Gasteiger partial charge in [0.05, 0.1) is 0 Å². The van der Waals surface area contributed by atoms with Crippen LogP contribution in [0, 0.1) is 17.8 Å². The number of hydrogen-bond donors (Lipinski definition) is 0. The van der Waals surface area contributed by atoms with Gasteiger partial charge in [0.25, 0.3) is 0 Å². The first-order valence-electron chi connectivity index (χ1n) is 5.38. The minimum absolute atomic E-state index is 0.866. The Balaban J connectivity index is 2.59. The summed E-state index contributed by atoms with van der Waals surface area (Å²) < 4.78 is 0. The van der Waals surface area contributed by atoms with Crippen molar-refractivity contribution in [1.82, 2.24) is 0 Å². The second kappa shape index (κ2) is 4.11.